The van der Waals surface area contributed by atoms with Gasteiger partial charge in [0.15, 0.2) is 5.57 Å². The van der Waals surface area contributed by atoms with Crippen molar-refractivity contribution in [2.45, 2.75) is 0 Å². The number of nitrogens with zero attached hydrogens (tertiary/aromatic N) is 4. The van der Waals surface area contributed by atoms with Crippen molar-refractivity contribution in [3.8, 4) is 18.2 Å². The number of nitro benzene ring substituents is 1. The number of non-ortho nitro benzene ring substituents is 1. The zero-order chi connectivity index (χ0) is 14.4. The Morgan fingerprint density at radius 2 is 1.89 bits per heavy atom. The van der Waals surface area contributed by atoms with Gasteiger partial charge < -0.3 is 5.32 Å². The van der Waals surface area contributed by atoms with Gasteiger partial charge in [-0.3, -0.25) is 10.1 Å². The Kier molecular flexibility index (Phi) is 4.43. The van der Waals surface area contributed by atoms with E-state index in [-0.39, 0.29) is 22.1 Å². The van der Waals surface area contributed by atoms with Gasteiger partial charge in [-0.15, -0.1) is 0 Å². The molecule has 0 amide bonds. The number of hydrogen-bond acceptors (Lipinski definition) is 6. The van der Waals surface area contributed by atoms with Crippen molar-refractivity contribution in [3.05, 3.63) is 44.6 Å². The van der Waals surface area contributed by atoms with Crippen LogP contribution in [0.25, 0.3) is 0 Å². The maximum absolute atomic E-state index is 10.5. The first-order valence-electron chi connectivity index (χ1n) is 4.69. The van der Waals surface area contributed by atoms with E-state index in [9.17, 15) is 10.1 Å². The van der Waals surface area contributed by atoms with E-state index in [1.807, 2.05) is 0 Å². The number of rotatable bonds is 3. The molecule has 0 aromatic heterocycles. The van der Waals surface area contributed by atoms with Crippen LogP contribution in [0.2, 0.25) is 5.02 Å². The molecule has 1 aromatic rings. The molecule has 8 heteroatoms. The van der Waals surface area contributed by atoms with Gasteiger partial charge in [-0.1, -0.05) is 11.6 Å². The maximum Gasteiger partial charge on any atom is 0.271 e. The Balaban J connectivity index is 3.19. The average Bonchev–Trinajstić information content (AvgIpc) is 2.40. The van der Waals surface area contributed by atoms with Gasteiger partial charge in [0.2, 0.25) is 0 Å². The highest BCUT2D eigenvalue weighted by Crippen LogP contribution is 2.27. The summed E-state index contributed by atoms with van der Waals surface area (Å²) in [5.74, 6) is 0. The molecule has 19 heavy (non-hydrogen) atoms. The molecule has 7 nitrogen and oxygen atoms in total. The van der Waals surface area contributed by atoms with Gasteiger partial charge in [-0.25, -0.2) is 0 Å². The molecule has 0 bridgehead atoms. The molecule has 0 unspecified atom stereocenters. The van der Waals surface area contributed by atoms with E-state index in [0.717, 1.165) is 6.07 Å². The lowest BCUT2D eigenvalue weighted by Gasteiger charge is -2.06. The highest BCUT2D eigenvalue weighted by molar-refractivity contribution is 6.33. The van der Waals surface area contributed by atoms with E-state index < -0.39 is 10.5 Å². The van der Waals surface area contributed by atoms with Crippen LogP contribution < -0.4 is 5.32 Å². The van der Waals surface area contributed by atoms with Gasteiger partial charge in [0.25, 0.3) is 5.69 Å². The summed E-state index contributed by atoms with van der Waals surface area (Å²) in [4.78, 5) is 9.90. The second-order valence-corrected chi connectivity index (χ2v) is 3.54. The maximum atomic E-state index is 10.5. The Bertz CT molecular complexity index is 675. The Labute approximate surface area is 112 Å². The normalized spacial score (nSPS) is 8.53. The van der Waals surface area contributed by atoms with Crippen LogP contribution in [-0.4, -0.2) is 4.92 Å². The quantitative estimate of drug-likeness (QED) is 0.512. The molecule has 0 aliphatic carbocycles. The summed E-state index contributed by atoms with van der Waals surface area (Å²) in [6.45, 7) is 0. The second kappa shape index (κ2) is 6.02. The second-order valence-electron chi connectivity index (χ2n) is 3.13. The molecule has 0 heterocycles. The van der Waals surface area contributed by atoms with Crippen LogP contribution in [0.1, 0.15) is 0 Å². The van der Waals surface area contributed by atoms with Crippen molar-refractivity contribution in [2.75, 3.05) is 5.32 Å². The molecule has 0 aliphatic rings. The SMILES string of the molecule is N#CC(C#N)=C(C#N)Nc1ccc([N+](=O)[O-])cc1Cl. The smallest absolute Gasteiger partial charge is 0.271 e. The van der Waals surface area contributed by atoms with E-state index in [2.05, 4.69) is 5.32 Å². The molecule has 0 atom stereocenters. The lowest BCUT2D eigenvalue weighted by Crippen LogP contribution is -2.01. The molecule has 92 valence electrons. The topological polar surface area (TPSA) is 127 Å². The van der Waals surface area contributed by atoms with Crippen LogP contribution in [-0.2, 0) is 0 Å². The predicted octanol–water partition coefficient (Wildman–Crippen LogP) is 2.48. The molecule has 1 N–H and O–H groups in total. The van der Waals surface area contributed by atoms with Gasteiger partial charge in [0.05, 0.1) is 15.6 Å². The van der Waals surface area contributed by atoms with Crippen molar-refractivity contribution >= 4 is 23.0 Å². The lowest BCUT2D eigenvalue weighted by molar-refractivity contribution is -0.384. The first-order chi connectivity index (χ1) is 9.03. The average molecular weight is 274 g/mol. The summed E-state index contributed by atoms with van der Waals surface area (Å²) in [5.41, 5.74) is -0.705. The first kappa shape index (κ1) is 14.0. The number of halogens is 1. The van der Waals surface area contributed by atoms with Gasteiger partial charge in [0.1, 0.15) is 23.9 Å². The van der Waals surface area contributed by atoms with Crippen molar-refractivity contribution in [1.29, 1.82) is 15.8 Å². The molecule has 1 rings (SSSR count). The zero-order valence-corrected chi connectivity index (χ0v) is 9.97. The highest BCUT2D eigenvalue weighted by Gasteiger charge is 2.12. The number of benzene rings is 1. The Hall–Kier alpha value is -3.08. The summed E-state index contributed by atoms with van der Waals surface area (Å²) < 4.78 is 0. The number of allylic oxidation sites excluding steroid dienone is 2. The molecule has 0 radical (unpaired) electrons. The number of hydrogen-bond donors (Lipinski definition) is 1. The number of anilines is 1. The molecule has 0 saturated heterocycles. The van der Waals surface area contributed by atoms with E-state index in [4.69, 9.17) is 27.4 Å². The molecular weight excluding hydrogens is 270 g/mol. The monoisotopic (exact) mass is 273 g/mol. The van der Waals surface area contributed by atoms with Crippen LogP contribution in [0.5, 0.6) is 0 Å². The third kappa shape index (κ3) is 3.19. The summed E-state index contributed by atoms with van der Waals surface area (Å²) in [6, 6.07) is 8.32. The van der Waals surface area contributed by atoms with Crippen LogP contribution in [0.15, 0.2) is 29.5 Å². The Morgan fingerprint density at radius 3 is 2.32 bits per heavy atom. The van der Waals surface area contributed by atoms with E-state index >= 15 is 0 Å². The van der Waals surface area contributed by atoms with E-state index in [1.54, 1.807) is 18.2 Å². The third-order valence-corrected chi connectivity index (χ3v) is 2.32. The van der Waals surface area contributed by atoms with Crippen LogP contribution in [0, 0.1) is 44.1 Å². The van der Waals surface area contributed by atoms with Crippen LogP contribution >= 0.6 is 11.6 Å². The molecule has 0 spiro atoms. The third-order valence-electron chi connectivity index (χ3n) is 2.01. The summed E-state index contributed by atoms with van der Waals surface area (Å²) in [7, 11) is 0. The molecule has 0 saturated carbocycles. The fraction of sp³-hybridized carbons (Fsp3) is 0. The molecular formula is C11H4ClN5O2. The minimum absolute atomic E-state index is 0.00261. The first-order valence-corrected chi connectivity index (χ1v) is 5.06. The van der Waals surface area contributed by atoms with E-state index in [1.165, 1.54) is 12.1 Å². The van der Waals surface area contributed by atoms with Crippen molar-refractivity contribution in [1.82, 2.24) is 0 Å². The van der Waals surface area contributed by atoms with Crippen LogP contribution in [0.4, 0.5) is 11.4 Å². The van der Waals surface area contributed by atoms with Gasteiger partial charge in [-0.2, -0.15) is 15.8 Å². The number of nitro groups is 1. The zero-order valence-electron chi connectivity index (χ0n) is 9.22. The largest absolute Gasteiger partial charge is 0.344 e. The molecule has 0 fully saturated rings. The van der Waals surface area contributed by atoms with Crippen molar-refractivity contribution in [2.24, 2.45) is 0 Å². The standard InChI is InChI=1S/C11H4ClN5O2/c12-9-3-8(17(18)19)1-2-10(9)16-11(6-15)7(4-13)5-14/h1-3,16H. The fourth-order valence-corrected chi connectivity index (χ4v) is 1.36. The molecule has 1 aromatic carbocycles. The van der Waals surface area contributed by atoms with Crippen LogP contribution in [0.3, 0.4) is 0 Å². The minimum Gasteiger partial charge on any atom is -0.344 e. The Morgan fingerprint density at radius 1 is 1.26 bits per heavy atom. The van der Waals surface area contributed by atoms with E-state index in [0.29, 0.717) is 0 Å². The van der Waals surface area contributed by atoms with Crippen molar-refractivity contribution < 1.29 is 4.92 Å². The predicted molar refractivity (Wildman–Crippen MR) is 65.6 cm³/mol. The minimum atomic E-state index is -0.618. The van der Waals surface area contributed by atoms with Crippen molar-refractivity contribution in [3.63, 3.8) is 0 Å². The highest BCUT2D eigenvalue weighted by atomic mass is 35.5. The molecule has 0 aliphatic heterocycles. The van der Waals surface area contributed by atoms with Gasteiger partial charge in [-0.05, 0) is 6.07 Å². The fourth-order valence-electron chi connectivity index (χ4n) is 1.14. The lowest BCUT2D eigenvalue weighted by atomic mass is 10.2. The van der Waals surface area contributed by atoms with Gasteiger partial charge in [0, 0.05) is 12.1 Å². The summed E-state index contributed by atoms with van der Waals surface area (Å²) in [6.07, 6.45) is 0. The van der Waals surface area contributed by atoms with Gasteiger partial charge >= 0.3 is 0 Å². The summed E-state index contributed by atoms with van der Waals surface area (Å²) >= 11 is 5.80. The number of nitrogens with one attached hydrogen (secondary N) is 1. The summed E-state index contributed by atoms with van der Waals surface area (Å²) in [5, 5.41) is 39.1. The number of nitriles is 3.